The number of hydrogen-bond donors (Lipinski definition) is 1. The van der Waals surface area contributed by atoms with Crippen LogP contribution in [0.2, 0.25) is 0 Å². The molecule has 1 amide bonds. The normalized spacial score (nSPS) is 14.5. The van der Waals surface area contributed by atoms with Crippen molar-refractivity contribution in [1.29, 1.82) is 0 Å². The Morgan fingerprint density at radius 1 is 1.23 bits per heavy atom. The highest BCUT2D eigenvalue weighted by Gasteiger charge is 2.16. The standard InChI is InChI=1S/C19H23N3O3S/c1-25-13-12-22-18(23)11-10-17(21-22)19(24)20-14-6-8-16(9-7-14)26-15-4-2-3-5-15/h6-11,15H,2-5,12-13H2,1H3,(H,20,24). The van der Waals surface area contributed by atoms with Gasteiger partial charge in [0.15, 0.2) is 0 Å². The van der Waals surface area contributed by atoms with Gasteiger partial charge in [-0.2, -0.15) is 5.10 Å². The Kier molecular flexibility index (Phi) is 6.46. The molecule has 0 spiro atoms. The molecule has 26 heavy (non-hydrogen) atoms. The molecule has 0 aliphatic heterocycles. The number of ether oxygens (including phenoxy) is 1. The van der Waals surface area contributed by atoms with Crippen molar-refractivity contribution >= 4 is 23.4 Å². The molecule has 138 valence electrons. The fourth-order valence-electron chi connectivity index (χ4n) is 2.92. The van der Waals surface area contributed by atoms with Gasteiger partial charge in [-0.15, -0.1) is 11.8 Å². The van der Waals surface area contributed by atoms with E-state index < -0.39 is 0 Å². The Labute approximate surface area is 156 Å². The monoisotopic (exact) mass is 373 g/mol. The molecule has 1 heterocycles. The molecule has 7 heteroatoms. The number of benzene rings is 1. The number of nitrogens with zero attached hydrogens (tertiary/aromatic N) is 2. The zero-order valence-electron chi connectivity index (χ0n) is 14.8. The Morgan fingerprint density at radius 3 is 2.65 bits per heavy atom. The van der Waals surface area contributed by atoms with Crippen molar-refractivity contribution in [3.63, 3.8) is 0 Å². The zero-order chi connectivity index (χ0) is 18.4. The van der Waals surface area contributed by atoms with E-state index in [2.05, 4.69) is 10.4 Å². The molecule has 0 radical (unpaired) electrons. The molecule has 0 atom stereocenters. The summed E-state index contributed by atoms with van der Waals surface area (Å²) in [5.74, 6) is -0.340. The molecule has 6 nitrogen and oxygen atoms in total. The van der Waals surface area contributed by atoms with Crippen LogP contribution >= 0.6 is 11.8 Å². The summed E-state index contributed by atoms with van der Waals surface area (Å²) in [6.45, 7) is 0.668. The number of carbonyl (C=O) groups excluding carboxylic acids is 1. The molecule has 2 aromatic rings. The van der Waals surface area contributed by atoms with Crippen LogP contribution in [-0.4, -0.2) is 34.7 Å². The molecule has 1 saturated carbocycles. The lowest BCUT2D eigenvalue weighted by molar-refractivity contribution is 0.101. The number of thioether (sulfide) groups is 1. The maximum Gasteiger partial charge on any atom is 0.276 e. The summed E-state index contributed by atoms with van der Waals surface area (Å²) in [6, 6.07) is 10.6. The highest BCUT2D eigenvalue weighted by molar-refractivity contribution is 8.00. The fourth-order valence-corrected chi connectivity index (χ4v) is 4.17. The van der Waals surface area contributed by atoms with Crippen molar-refractivity contribution in [3.8, 4) is 0 Å². The first-order valence-corrected chi connectivity index (χ1v) is 9.69. The van der Waals surface area contributed by atoms with Gasteiger partial charge in [0.1, 0.15) is 5.69 Å². The number of rotatable bonds is 7. The quantitative estimate of drug-likeness (QED) is 0.807. The fraction of sp³-hybridized carbons (Fsp3) is 0.421. The van der Waals surface area contributed by atoms with Gasteiger partial charge < -0.3 is 10.1 Å². The molecule has 1 fully saturated rings. The summed E-state index contributed by atoms with van der Waals surface area (Å²) in [5, 5.41) is 7.64. The Balaban J connectivity index is 1.63. The molecular weight excluding hydrogens is 350 g/mol. The molecule has 1 aliphatic carbocycles. The molecule has 1 aromatic carbocycles. The van der Waals surface area contributed by atoms with Gasteiger partial charge in [0.05, 0.1) is 13.2 Å². The van der Waals surface area contributed by atoms with E-state index in [-0.39, 0.29) is 17.2 Å². The van der Waals surface area contributed by atoms with Crippen LogP contribution in [0.1, 0.15) is 36.2 Å². The Morgan fingerprint density at radius 2 is 1.96 bits per heavy atom. The van der Waals surface area contributed by atoms with Crippen LogP contribution in [0.3, 0.4) is 0 Å². The second-order valence-corrected chi connectivity index (χ2v) is 7.65. The average molecular weight is 373 g/mol. The van der Waals surface area contributed by atoms with Gasteiger partial charge in [-0.3, -0.25) is 9.59 Å². The van der Waals surface area contributed by atoms with Crippen molar-refractivity contribution in [2.45, 2.75) is 42.4 Å². The van der Waals surface area contributed by atoms with Crippen LogP contribution in [0.25, 0.3) is 0 Å². The number of methoxy groups -OCH3 is 1. The number of amides is 1. The smallest absolute Gasteiger partial charge is 0.276 e. The lowest BCUT2D eigenvalue weighted by Crippen LogP contribution is -2.27. The molecule has 1 aliphatic rings. The zero-order valence-corrected chi connectivity index (χ0v) is 15.6. The van der Waals surface area contributed by atoms with Gasteiger partial charge in [0.2, 0.25) is 0 Å². The van der Waals surface area contributed by atoms with E-state index in [4.69, 9.17) is 4.74 Å². The first kappa shape index (κ1) is 18.7. The predicted molar refractivity (Wildman–Crippen MR) is 103 cm³/mol. The minimum absolute atomic E-state index is 0.199. The van der Waals surface area contributed by atoms with E-state index in [1.807, 2.05) is 36.0 Å². The highest BCUT2D eigenvalue weighted by Crippen LogP contribution is 2.34. The average Bonchev–Trinajstić information content (AvgIpc) is 3.15. The van der Waals surface area contributed by atoms with Crippen LogP contribution in [0.4, 0.5) is 5.69 Å². The van der Waals surface area contributed by atoms with Crippen LogP contribution in [0.5, 0.6) is 0 Å². The number of aromatic nitrogens is 2. The van der Waals surface area contributed by atoms with Gasteiger partial charge in [-0.05, 0) is 43.2 Å². The van der Waals surface area contributed by atoms with E-state index in [0.29, 0.717) is 24.1 Å². The van der Waals surface area contributed by atoms with Crippen molar-refractivity contribution in [3.05, 3.63) is 52.4 Å². The molecule has 1 N–H and O–H groups in total. The van der Waals surface area contributed by atoms with Gasteiger partial charge in [0, 0.05) is 29.0 Å². The van der Waals surface area contributed by atoms with Gasteiger partial charge in [0.25, 0.3) is 11.5 Å². The third kappa shape index (κ3) is 4.95. The molecule has 0 saturated heterocycles. The summed E-state index contributed by atoms with van der Waals surface area (Å²) in [6.07, 6.45) is 5.22. The summed E-state index contributed by atoms with van der Waals surface area (Å²) >= 11 is 1.91. The maximum absolute atomic E-state index is 12.4. The van der Waals surface area contributed by atoms with Crippen molar-refractivity contribution in [2.75, 3.05) is 19.0 Å². The van der Waals surface area contributed by atoms with Crippen molar-refractivity contribution < 1.29 is 9.53 Å². The largest absolute Gasteiger partial charge is 0.383 e. The van der Waals surface area contributed by atoms with E-state index in [1.165, 1.54) is 47.4 Å². The van der Waals surface area contributed by atoms with E-state index in [9.17, 15) is 9.59 Å². The second-order valence-electron chi connectivity index (χ2n) is 6.28. The third-order valence-corrected chi connectivity index (χ3v) is 5.67. The third-order valence-electron chi connectivity index (χ3n) is 4.32. The van der Waals surface area contributed by atoms with Gasteiger partial charge in [-0.25, -0.2) is 4.68 Å². The lowest BCUT2D eigenvalue weighted by atomic mass is 10.3. The Hall–Kier alpha value is -2.12. The minimum Gasteiger partial charge on any atom is -0.383 e. The minimum atomic E-state index is -0.340. The topological polar surface area (TPSA) is 73.2 Å². The predicted octanol–water partition coefficient (Wildman–Crippen LogP) is 3.18. The first-order chi connectivity index (χ1) is 12.7. The van der Waals surface area contributed by atoms with Crippen molar-refractivity contribution in [2.24, 2.45) is 0 Å². The van der Waals surface area contributed by atoms with Crippen LogP contribution in [0, 0.1) is 0 Å². The van der Waals surface area contributed by atoms with Crippen LogP contribution in [-0.2, 0) is 11.3 Å². The molecule has 0 unspecified atom stereocenters. The SMILES string of the molecule is COCCn1nc(C(=O)Nc2ccc(SC3CCCC3)cc2)ccc1=O. The van der Waals surface area contributed by atoms with Crippen LogP contribution < -0.4 is 10.9 Å². The van der Waals surface area contributed by atoms with E-state index in [0.717, 1.165) is 0 Å². The number of nitrogens with one attached hydrogen (secondary N) is 1. The summed E-state index contributed by atoms with van der Waals surface area (Å²) in [7, 11) is 1.55. The lowest BCUT2D eigenvalue weighted by Gasteiger charge is -2.10. The van der Waals surface area contributed by atoms with Crippen molar-refractivity contribution in [1.82, 2.24) is 9.78 Å². The van der Waals surface area contributed by atoms with E-state index in [1.54, 1.807) is 7.11 Å². The second kappa shape index (κ2) is 9.00. The van der Waals surface area contributed by atoms with Gasteiger partial charge in [-0.1, -0.05) is 12.8 Å². The molecule has 3 rings (SSSR count). The molecular formula is C19H23N3O3S. The summed E-state index contributed by atoms with van der Waals surface area (Å²) in [5.41, 5.74) is 0.652. The number of hydrogen-bond acceptors (Lipinski definition) is 5. The van der Waals surface area contributed by atoms with Gasteiger partial charge >= 0.3 is 0 Å². The number of carbonyl (C=O) groups is 1. The first-order valence-electron chi connectivity index (χ1n) is 8.81. The van der Waals surface area contributed by atoms with Crippen LogP contribution in [0.15, 0.2) is 46.1 Å². The number of anilines is 1. The Bertz CT molecular complexity index is 798. The maximum atomic E-state index is 12.4. The van der Waals surface area contributed by atoms with E-state index >= 15 is 0 Å². The highest BCUT2D eigenvalue weighted by atomic mass is 32.2. The summed E-state index contributed by atoms with van der Waals surface area (Å²) in [4.78, 5) is 25.4. The molecule has 0 bridgehead atoms. The molecule has 1 aromatic heterocycles. The summed E-state index contributed by atoms with van der Waals surface area (Å²) < 4.78 is 6.19.